The summed E-state index contributed by atoms with van der Waals surface area (Å²) >= 11 is 0. The summed E-state index contributed by atoms with van der Waals surface area (Å²) in [5.41, 5.74) is 1.69. The van der Waals surface area contributed by atoms with Crippen molar-refractivity contribution < 1.29 is 9.84 Å². The molecular formula is C11H12O2. The summed E-state index contributed by atoms with van der Waals surface area (Å²) in [6.07, 6.45) is 2.75. The Morgan fingerprint density at radius 2 is 2.15 bits per heavy atom. The summed E-state index contributed by atoms with van der Waals surface area (Å²) in [5.74, 6) is 0.947. The summed E-state index contributed by atoms with van der Waals surface area (Å²) in [6, 6.07) is 6.08. The van der Waals surface area contributed by atoms with Crippen molar-refractivity contribution in [1.29, 1.82) is 0 Å². The number of hydrogen-bond acceptors (Lipinski definition) is 2. The maximum atomic E-state index is 9.98. The summed E-state index contributed by atoms with van der Waals surface area (Å²) in [7, 11) is 0. The van der Waals surface area contributed by atoms with Gasteiger partial charge in [-0.25, -0.2) is 0 Å². The highest BCUT2D eigenvalue weighted by Gasteiger charge is 2.45. The molecule has 0 unspecified atom stereocenters. The number of hydrogen-bond donors (Lipinski definition) is 1. The number of aliphatic hydroxyl groups is 1. The van der Waals surface area contributed by atoms with E-state index in [1.54, 1.807) is 0 Å². The Hall–Kier alpha value is -1.02. The van der Waals surface area contributed by atoms with E-state index in [0.29, 0.717) is 0 Å². The van der Waals surface area contributed by atoms with Gasteiger partial charge >= 0.3 is 0 Å². The fourth-order valence-corrected chi connectivity index (χ4v) is 1.97. The van der Waals surface area contributed by atoms with E-state index < -0.39 is 5.60 Å². The lowest BCUT2D eigenvalue weighted by Gasteiger charge is -2.12. The zero-order chi connectivity index (χ0) is 8.89. The smallest absolute Gasteiger partial charge is 0.128 e. The molecule has 0 atom stereocenters. The van der Waals surface area contributed by atoms with Gasteiger partial charge in [0, 0.05) is 12.0 Å². The minimum Gasteiger partial charge on any atom is -0.493 e. The Kier molecular flexibility index (Phi) is 1.29. The second-order valence-electron chi connectivity index (χ2n) is 3.92. The van der Waals surface area contributed by atoms with E-state index in [2.05, 4.69) is 6.07 Å². The van der Waals surface area contributed by atoms with Crippen LogP contribution < -0.4 is 4.74 Å². The summed E-state index contributed by atoms with van der Waals surface area (Å²) < 4.78 is 5.54. The molecule has 3 rings (SSSR count). The molecule has 0 amide bonds. The SMILES string of the molecule is OC1(c2cccc3c2OCC3)CC1. The van der Waals surface area contributed by atoms with Crippen molar-refractivity contribution in [2.45, 2.75) is 24.9 Å². The number of para-hydroxylation sites is 1. The molecule has 1 heterocycles. The minimum absolute atomic E-state index is 0.560. The van der Waals surface area contributed by atoms with Crippen molar-refractivity contribution in [3.05, 3.63) is 29.3 Å². The number of ether oxygens (including phenoxy) is 1. The first-order valence-electron chi connectivity index (χ1n) is 4.77. The molecule has 13 heavy (non-hydrogen) atoms. The maximum Gasteiger partial charge on any atom is 0.128 e. The molecule has 0 spiro atoms. The lowest BCUT2D eigenvalue weighted by Crippen LogP contribution is -2.06. The van der Waals surface area contributed by atoms with Crippen molar-refractivity contribution in [2.24, 2.45) is 0 Å². The first-order valence-corrected chi connectivity index (χ1v) is 4.77. The van der Waals surface area contributed by atoms with Crippen molar-refractivity contribution in [3.8, 4) is 5.75 Å². The first-order chi connectivity index (χ1) is 6.30. The molecule has 1 aliphatic carbocycles. The average molecular weight is 176 g/mol. The van der Waals surface area contributed by atoms with Crippen molar-refractivity contribution in [2.75, 3.05) is 6.61 Å². The van der Waals surface area contributed by atoms with Gasteiger partial charge in [-0.2, -0.15) is 0 Å². The van der Waals surface area contributed by atoms with Gasteiger partial charge in [-0.3, -0.25) is 0 Å². The molecule has 2 heteroatoms. The second-order valence-corrected chi connectivity index (χ2v) is 3.92. The predicted octanol–water partition coefficient (Wildman–Crippen LogP) is 1.60. The van der Waals surface area contributed by atoms with E-state index >= 15 is 0 Å². The van der Waals surface area contributed by atoms with E-state index in [9.17, 15) is 5.11 Å². The predicted molar refractivity (Wildman–Crippen MR) is 48.8 cm³/mol. The molecule has 1 saturated carbocycles. The zero-order valence-electron chi connectivity index (χ0n) is 7.42. The molecule has 2 aliphatic rings. The van der Waals surface area contributed by atoms with Gasteiger partial charge in [-0.1, -0.05) is 18.2 Å². The van der Waals surface area contributed by atoms with Crippen LogP contribution in [0.15, 0.2) is 18.2 Å². The molecule has 1 N–H and O–H groups in total. The van der Waals surface area contributed by atoms with Gasteiger partial charge < -0.3 is 9.84 Å². The van der Waals surface area contributed by atoms with Crippen LogP contribution in [-0.2, 0) is 12.0 Å². The van der Waals surface area contributed by atoms with Gasteiger partial charge in [0.05, 0.1) is 12.2 Å². The van der Waals surface area contributed by atoms with Crippen molar-refractivity contribution in [1.82, 2.24) is 0 Å². The van der Waals surface area contributed by atoms with Gasteiger partial charge in [0.2, 0.25) is 0 Å². The van der Waals surface area contributed by atoms with Crippen LogP contribution in [-0.4, -0.2) is 11.7 Å². The van der Waals surface area contributed by atoms with Crippen LogP contribution in [0.25, 0.3) is 0 Å². The summed E-state index contributed by atoms with van der Waals surface area (Å²) in [4.78, 5) is 0. The van der Waals surface area contributed by atoms with Gasteiger partial charge in [0.25, 0.3) is 0 Å². The summed E-state index contributed by atoms with van der Waals surface area (Å²) in [5, 5.41) is 9.98. The molecule has 0 saturated heterocycles. The van der Waals surface area contributed by atoms with Crippen molar-refractivity contribution in [3.63, 3.8) is 0 Å². The van der Waals surface area contributed by atoms with E-state index in [0.717, 1.165) is 37.2 Å². The third-order valence-electron chi connectivity index (χ3n) is 2.94. The fourth-order valence-electron chi connectivity index (χ4n) is 1.97. The van der Waals surface area contributed by atoms with Crippen LogP contribution in [0, 0.1) is 0 Å². The largest absolute Gasteiger partial charge is 0.493 e. The van der Waals surface area contributed by atoms with E-state index in [1.807, 2.05) is 12.1 Å². The number of benzene rings is 1. The van der Waals surface area contributed by atoms with E-state index in [1.165, 1.54) is 5.56 Å². The van der Waals surface area contributed by atoms with Crippen molar-refractivity contribution >= 4 is 0 Å². The van der Waals surface area contributed by atoms with Crippen LogP contribution in [0.4, 0.5) is 0 Å². The van der Waals surface area contributed by atoms with Crippen LogP contribution >= 0.6 is 0 Å². The van der Waals surface area contributed by atoms with Gasteiger partial charge in [-0.05, 0) is 18.4 Å². The maximum absolute atomic E-state index is 9.98. The second kappa shape index (κ2) is 2.26. The highest BCUT2D eigenvalue weighted by Crippen LogP contribution is 2.50. The summed E-state index contributed by atoms with van der Waals surface area (Å²) in [6.45, 7) is 0.766. The lowest BCUT2D eigenvalue weighted by molar-refractivity contribution is 0.147. The van der Waals surface area contributed by atoms with E-state index in [4.69, 9.17) is 4.74 Å². The van der Waals surface area contributed by atoms with Crippen LogP contribution in [0.3, 0.4) is 0 Å². The fraction of sp³-hybridized carbons (Fsp3) is 0.455. The molecule has 68 valence electrons. The Bertz CT molecular complexity index is 353. The van der Waals surface area contributed by atoms with Gasteiger partial charge in [0.1, 0.15) is 5.75 Å². The monoisotopic (exact) mass is 176 g/mol. The highest BCUT2D eigenvalue weighted by molar-refractivity contribution is 5.48. The molecule has 2 nitrogen and oxygen atoms in total. The third kappa shape index (κ3) is 0.985. The Morgan fingerprint density at radius 3 is 2.92 bits per heavy atom. The normalized spacial score (nSPS) is 22.2. The molecule has 0 aromatic heterocycles. The molecule has 1 aromatic rings. The topological polar surface area (TPSA) is 29.5 Å². The molecule has 1 fully saturated rings. The highest BCUT2D eigenvalue weighted by atomic mass is 16.5. The van der Waals surface area contributed by atoms with Crippen LogP contribution in [0.5, 0.6) is 5.75 Å². The quantitative estimate of drug-likeness (QED) is 0.704. The van der Waals surface area contributed by atoms with E-state index in [-0.39, 0.29) is 0 Å². The molecule has 1 aromatic carbocycles. The number of fused-ring (bicyclic) bond motifs is 1. The standard InChI is InChI=1S/C11H12O2/c12-11(5-6-11)9-3-1-2-8-4-7-13-10(8)9/h1-3,12H,4-7H2. The zero-order valence-corrected chi connectivity index (χ0v) is 7.42. The minimum atomic E-state index is -0.560. The molecular weight excluding hydrogens is 164 g/mol. The molecule has 1 aliphatic heterocycles. The number of rotatable bonds is 1. The van der Waals surface area contributed by atoms with Gasteiger partial charge in [-0.15, -0.1) is 0 Å². The lowest BCUT2D eigenvalue weighted by atomic mass is 10.0. The Balaban J connectivity index is 2.15. The first kappa shape index (κ1) is 7.39. The third-order valence-corrected chi connectivity index (χ3v) is 2.94. The average Bonchev–Trinajstić information content (AvgIpc) is 2.72. The Morgan fingerprint density at radius 1 is 1.31 bits per heavy atom. The van der Waals surface area contributed by atoms with Gasteiger partial charge in [0.15, 0.2) is 0 Å². The Labute approximate surface area is 77.2 Å². The molecule has 0 radical (unpaired) electrons. The van der Waals surface area contributed by atoms with Crippen LogP contribution in [0.2, 0.25) is 0 Å². The molecule has 0 bridgehead atoms. The van der Waals surface area contributed by atoms with Crippen LogP contribution in [0.1, 0.15) is 24.0 Å².